The molecular formula is C15H22N2O4S. The molecule has 0 atom stereocenters. The second kappa shape index (κ2) is 7.93. The van der Waals surface area contributed by atoms with Gasteiger partial charge < -0.3 is 10.2 Å². The number of aryl methyl sites for hydroxylation is 1. The van der Waals surface area contributed by atoms with Crippen LogP contribution in [0, 0.1) is 6.92 Å². The number of sulfone groups is 1. The van der Waals surface area contributed by atoms with Gasteiger partial charge in [-0.15, -0.1) is 0 Å². The van der Waals surface area contributed by atoms with E-state index in [1.807, 2.05) is 19.1 Å². The zero-order chi connectivity index (χ0) is 16.8. The molecule has 7 heteroatoms. The summed E-state index contributed by atoms with van der Waals surface area (Å²) in [6.07, 6.45) is 0. The third-order valence-corrected chi connectivity index (χ3v) is 4.53. The van der Waals surface area contributed by atoms with E-state index < -0.39 is 33.2 Å². The molecule has 0 aromatic heterocycles. The van der Waals surface area contributed by atoms with Crippen LogP contribution < -0.4 is 5.32 Å². The highest BCUT2D eigenvalue weighted by Crippen LogP contribution is 2.09. The highest BCUT2D eigenvalue weighted by molar-refractivity contribution is 7.92. The number of amides is 2. The highest BCUT2D eigenvalue weighted by atomic mass is 32.2. The monoisotopic (exact) mass is 326 g/mol. The van der Waals surface area contributed by atoms with E-state index in [1.165, 1.54) is 4.90 Å². The van der Waals surface area contributed by atoms with E-state index in [4.69, 9.17) is 0 Å². The molecule has 0 saturated heterocycles. The zero-order valence-electron chi connectivity index (χ0n) is 13.1. The summed E-state index contributed by atoms with van der Waals surface area (Å²) in [4.78, 5) is 25.0. The largest absolute Gasteiger partial charge is 0.342 e. The lowest BCUT2D eigenvalue weighted by molar-refractivity contribution is -0.128. The Labute approximate surface area is 131 Å². The predicted octanol–water partition coefficient (Wildman–Crippen LogP) is 1.22. The van der Waals surface area contributed by atoms with Crippen LogP contribution in [0.5, 0.6) is 0 Å². The standard InChI is InChI=1S/C15H22N2O4S/c1-4-17(5-2)15(19)11-22(20,21)10-14(18)16-13-8-6-12(3)7-9-13/h6-9H,4-5,10-11H2,1-3H3,(H,16,18). The fraction of sp³-hybridized carbons (Fsp3) is 0.467. The summed E-state index contributed by atoms with van der Waals surface area (Å²) in [7, 11) is -3.78. The van der Waals surface area contributed by atoms with Crippen LogP contribution in [0.2, 0.25) is 0 Å². The molecule has 0 unspecified atom stereocenters. The third-order valence-electron chi connectivity index (χ3n) is 3.15. The Balaban J connectivity index is 2.62. The summed E-state index contributed by atoms with van der Waals surface area (Å²) >= 11 is 0. The van der Waals surface area contributed by atoms with Gasteiger partial charge in [0.25, 0.3) is 0 Å². The average Bonchev–Trinajstić information content (AvgIpc) is 2.41. The van der Waals surface area contributed by atoms with Crippen LogP contribution in [0.3, 0.4) is 0 Å². The van der Waals surface area contributed by atoms with Crippen molar-refractivity contribution in [3.05, 3.63) is 29.8 Å². The van der Waals surface area contributed by atoms with Gasteiger partial charge in [0.1, 0.15) is 11.5 Å². The van der Waals surface area contributed by atoms with Gasteiger partial charge in [-0.05, 0) is 32.9 Å². The Hall–Kier alpha value is -1.89. The minimum absolute atomic E-state index is 0.445. The number of benzene rings is 1. The van der Waals surface area contributed by atoms with Crippen LogP contribution in [0.4, 0.5) is 5.69 Å². The van der Waals surface area contributed by atoms with Gasteiger partial charge in [0.05, 0.1) is 0 Å². The number of anilines is 1. The van der Waals surface area contributed by atoms with Crippen LogP contribution in [0.1, 0.15) is 19.4 Å². The average molecular weight is 326 g/mol. The summed E-state index contributed by atoms with van der Waals surface area (Å²) < 4.78 is 23.8. The molecule has 0 aliphatic rings. The lowest BCUT2D eigenvalue weighted by atomic mass is 10.2. The zero-order valence-corrected chi connectivity index (χ0v) is 13.9. The van der Waals surface area contributed by atoms with E-state index in [9.17, 15) is 18.0 Å². The molecule has 0 aliphatic heterocycles. The first-order valence-corrected chi connectivity index (χ1v) is 8.94. The highest BCUT2D eigenvalue weighted by Gasteiger charge is 2.23. The molecule has 6 nitrogen and oxygen atoms in total. The summed E-state index contributed by atoms with van der Waals surface area (Å²) in [5.74, 6) is -2.46. The predicted molar refractivity (Wildman–Crippen MR) is 86.4 cm³/mol. The second-order valence-corrected chi connectivity index (χ2v) is 7.08. The summed E-state index contributed by atoms with van der Waals surface area (Å²) in [6, 6.07) is 7.02. The van der Waals surface area contributed by atoms with E-state index in [-0.39, 0.29) is 0 Å². The molecular weight excluding hydrogens is 304 g/mol. The number of carbonyl (C=O) groups is 2. The maximum Gasteiger partial charge on any atom is 0.239 e. The Morgan fingerprint density at radius 3 is 2.09 bits per heavy atom. The summed E-state index contributed by atoms with van der Waals surface area (Å²) in [5.41, 5.74) is 1.57. The smallest absolute Gasteiger partial charge is 0.239 e. The van der Waals surface area contributed by atoms with Crippen LogP contribution in [0.25, 0.3) is 0 Å². The number of nitrogens with zero attached hydrogens (tertiary/aromatic N) is 1. The second-order valence-electron chi connectivity index (χ2n) is 5.01. The van der Waals surface area contributed by atoms with Gasteiger partial charge in [-0.2, -0.15) is 0 Å². The SMILES string of the molecule is CCN(CC)C(=O)CS(=O)(=O)CC(=O)Nc1ccc(C)cc1. The van der Waals surface area contributed by atoms with Crippen molar-refractivity contribution in [3.63, 3.8) is 0 Å². The molecule has 0 aliphatic carbocycles. The molecule has 2 amide bonds. The van der Waals surface area contributed by atoms with E-state index in [0.29, 0.717) is 18.8 Å². The minimum atomic E-state index is -3.78. The normalized spacial score (nSPS) is 11.0. The van der Waals surface area contributed by atoms with Crippen molar-refractivity contribution in [2.24, 2.45) is 0 Å². The molecule has 1 aromatic carbocycles. The van der Waals surface area contributed by atoms with E-state index in [1.54, 1.807) is 26.0 Å². The number of nitrogens with one attached hydrogen (secondary N) is 1. The molecule has 22 heavy (non-hydrogen) atoms. The van der Waals surface area contributed by atoms with Gasteiger partial charge in [0, 0.05) is 18.8 Å². The number of carbonyl (C=O) groups excluding carboxylic acids is 2. The third kappa shape index (κ3) is 5.85. The van der Waals surface area contributed by atoms with Crippen LogP contribution in [-0.2, 0) is 19.4 Å². The van der Waals surface area contributed by atoms with Crippen molar-refractivity contribution in [2.45, 2.75) is 20.8 Å². The lowest BCUT2D eigenvalue weighted by Crippen LogP contribution is -2.37. The molecule has 0 heterocycles. The first kappa shape index (κ1) is 18.2. The maximum atomic E-state index is 11.9. The summed E-state index contributed by atoms with van der Waals surface area (Å²) in [6.45, 7) is 6.35. The van der Waals surface area contributed by atoms with Crippen LogP contribution in [-0.4, -0.2) is 49.7 Å². The van der Waals surface area contributed by atoms with Gasteiger partial charge in [-0.1, -0.05) is 17.7 Å². The van der Waals surface area contributed by atoms with E-state index in [0.717, 1.165) is 5.56 Å². The Morgan fingerprint density at radius 1 is 1.05 bits per heavy atom. The van der Waals surface area contributed by atoms with Crippen molar-refractivity contribution in [2.75, 3.05) is 29.9 Å². The van der Waals surface area contributed by atoms with Gasteiger partial charge in [0.2, 0.25) is 11.8 Å². The molecule has 122 valence electrons. The van der Waals surface area contributed by atoms with Crippen LogP contribution >= 0.6 is 0 Å². The Bertz CT molecular complexity index is 619. The number of hydrogen-bond acceptors (Lipinski definition) is 4. The lowest BCUT2D eigenvalue weighted by Gasteiger charge is -2.18. The van der Waals surface area contributed by atoms with E-state index in [2.05, 4.69) is 5.32 Å². The van der Waals surface area contributed by atoms with Crippen molar-refractivity contribution >= 4 is 27.3 Å². The molecule has 1 aromatic rings. The quantitative estimate of drug-likeness (QED) is 0.816. The molecule has 0 radical (unpaired) electrons. The molecule has 1 N–H and O–H groups in total. The van der Waals surface area contributed by atoms with Gasteiger partial charge >= 0.3 is 0 Å². The van der Waals surface area contributed by atoms with Gasteiger partial charge in [0.15, 0.2) is 9.84 Å². The fourth-order valence-electron chi connectivity index (χ4n) is 1.94. The van der Waals surface area contributed by atoms with E-state index >= 15 is 0 Å². The molecule has 0 saturated carbocycles. The summed E-state index contributed by atoms with van der Waals surface area (Å²) in [5, 5.41) is 2.51. The first-order valence-electron chi connectivity index (χ1n) is 7.12. The molecule has 0 fully saturated rings. The van der Waals surface area contributed by atoms with Crippen molar-refractivity contribution < 1.29 is 18.0 Å². The first-order chi connectivity index (χ1) is 10.3. The number of rotatable bonds is 7. The van der Waals surface area contributed by atoms with Crippen LogP contribution in [0.15, 0.2) is 24.3 Å². The fourth-order valence-corrected chi connectivity index (χ4v) is 3.07. The maximum absolute atomic E-state index is 11.9. The van der Waals surface area contributed by atoms with Crippen molar-refractivity contribution in [1.29, 1.82) is 0 Å². The topological polar surface area (TPSA) is 83.6 Å². The van der Waals surface area contributed by atoms with Gasteiger partial charge in [-0.25, -0.2) is 8.42 Å². The van der Waals surface area contributed by atoms with Gasteiger partial charge in [-0.3, -0.25) is 9.59 Å². The molecule has 0 bridgehead atoms. The number of hydrogen-bond donors (Lipinski definition) is 1. The Morgan fingerprint density at radius 2 is 1.59 bits per heavy atom. The van der Waals surface area contributed by atoms with Crippen molar-refractivity contribution in [3.8, 4) is 0 Å². The van der Waals surface area contributed by atoms with Crippen molar-refractivity contribution in [1.82, 2.24) is 4.90 Å². The minimum Gasteiger partial charge on any atom is -0.342 e. The Kier molecular flexibility index (Phi) is 6.55. The molecule has 0 spiro atoms. The molecule has 1 rings (SSSR count).